The normalized spacial score (nSPS) is 25.5. The van der Waals surface area contributed by atoms with Crippen LogP contribution in [0.5, 0.6) is 5.75 Å². The van der Waals surface area contributed by atoms with Crippen LogP contribution in [-0.4, -0.2) is 41.0 Å². The first-order valence-electron chi connectivity index (χ1n) is 9.98. The number of nitrogens with zero attached hydrogens (tertiary/aromatic N) is 1. The zero-order chi connectivity index (χ0) is 20.3. The van der Waals surface area contributed by atoms with E-state index in [1.165, 1.54) is 0 Å². The number of hydrogen-bond acceptors (Lipinski definition) is 4. The van der Waals surface area contributed by atoms with Gasteiger partial charge in [-0.1, -0.05) is 25.1 Å². The number of fused-ring (bicyclic) bond motifs is 1. The molecule has 0 aromatic heterocycles. The lowest BCUT2D eigenvalue weighted by Gasteiger charge is -2.43. The van der Waals surface area contributed by atoms with Crippen molar-refractivity contribution in [1.82, 2.24) is 15.5 Å². The highest BCUT2D eigenvalue weighted by Crippen LogP contribution is 2.34. The molecule has 4 atom stereocenters. The fourth-order valence-electron chi connectivity index (χ4n) is 4.02. The minimum atomic E-state index is -0.144. The summed E-state index contributed by atoms with van der Waals surface area (Å²) in [6, 6.07) is 7.74. The van der Waals surface area contributed by atoms with Crippen molar-refractivity contribution in [2.24, 2.45) is 11.8 Å². The third-order valence-corrected chi connectivity index (χ3v) is 6.22. The Hall–Kier alpha value is -2.15. The second-order valence-electron chi connectivity index (χ2n) is 7.73. The zero-order valence-electron chi connectivity index (χ0n) is 16.7. The summed E-state index contributed by atoms with van der Waals surface area (Å²) in [7, 11) is 1.62. The SMILES string of the molecule is CCC(C)NC(=O)C1CCC2C(=O)N(Cc3ccccc3OC)C(=S)NC2C1. The molecule has 4 unspecified atom stereocenters. The van der Waals surface area contributed by atoms with Crippen LogP contribution < -0.4 is 15.4 Å². The number of rotatable bonds is 6. The molecule has 1 heterocycles. The maximum absolute atomic E-state index is 13.1. The predicted molar refractivity (Wildman–Crippen MR) is 112 cm³/mol. The van der Waals surface area contributed by atoms with Crippen molar-refractivity contribution in [3.8, 4) is 5.75 Å². The van der Waals surface area contributed by atoms with Crippen molar-refractivity contribution in [2.45, 2.75) is 58.2 Å². The number of amides is 2. The standard InChI is InChI=1S/C21H29N3O3S/c1-4-13(2)22-19(25)14-9-10-16-17(11-14)23-21(28)24(20(16)26)12-15-7-5-6-8-18(15)27-3/h5-8,13-14,16-17H,4,9-12H2,1-3H3,(H,22,25)(H,23,28). The molecule has 3 rings (SSSR count). The van der Waals surface area contributed by atoms with E-state index >= 15 is 0 Å². The minimum Gasteiger partial charge on any atom is -0.496 e. The first kappa shape index (κ1) is 20.6. The van der Waals surface area contributed by atoms with Crippen molar-refractivity contribution in [2.75, 3.05) is 7.11 Å². The Kier molecular flexibility index (Phi) is 6.54. The molecule has 1 saturated heterocycles. The van der Waals surface area contributed by atoms with Gasteiger partial charge in [0.1, 0.15) is 5.75 Å². The maximum atomic E-state index is 13.1. The van der Waals surface area contributed by atoms with Gasteiger partial charge in [-0.15, -0.1) is 0 Å². The van der Waals surface area contributed by atoms with E-state index in [2.05, 4.69) is 17.6 Å². The van der Waals surface area contributed by atoms with Crippen LogP contribution in [-0.2, 0) is 16.1 Å². The quantitative estimate of drug-likeness (QED) is 0.715. The lowest BCUT2D eigenvalue weighted by molar-refractivity contribution is -0.138. The van der Waals surface area contributed by atoms with Gasteiger partial charge >= 0.3 is 0 Å². The van der Waals surface area contributed by atoms with E-state index < -0.39 is 0 Å². The monoisotopic (exact) mass is 403 g/mol. The minimum absolute atomic E-state index is 0.0421. The summed E-state index contributed by atoms with van der Waals surface area (Å²) in [5.74, 6) is 0.656. The largest absolute Gasteiger partial charge is 0.496 e. The van der Waals surface area contributed by atoms with Gasteiger partial charge < -0.3 is 15.4 Å². The van der Waals surface area contributed by atoms with Crippen LogP contribution in [0, 0.1) is 11.8 Å². The Morgan fingerprint density at radius 3 is 2.86 bits per heavy atom. The molecular formula is C21H29N3O3S. The van der Waals surface area contributed by atoms with Crippen molar-refractivity contribution in [1.29, 1.82) is 0 Å². The topological polar surface area (TPSA) is 70.7 Å². The number of ether oxygens (including phenoxy) is 1. The summed E-state index contributed by atoms with van der Waals surface area (Å²) < 4.78 is 5.40. The lowest BCUT2D eigenvalue weighted by Crippen LogP contribution is -2.61. The van der Waals surface area contributed by atoms with Crippen LogP contribution in [0.2, 0.25) is 0 Å². The second-order valence-corrected chi connectivity index (χ2v) is 8.11. The van der Waals surface area contributed by atoms with E-state index in [-0.39, 0.29) is 35.7 Å². The second kappa shape index (κ2) is 8.90. The van der Waals surface area contributed by atoms with Gasteiger partial charge in [-0.2, -0.15) is 0 Å². The van der Waals surface area contributed by atoms with Gasteiger partial charge in [-0.05, 0) is 50.9 Å². The average Bonchev–Trinajstić information content (AvgIpc) is 2.70. The molecule has 2 aliphatic rings. The first-order chi connectivity index (χ1) is 13.4. The smallest absolute Gasteiger partial charge is 0.234 e. The molecule has 28 heavy (non-hydrogen) atoms. The van der Waals surface area contributed by atoms with Crippen molar-refractivity contribution >= 4 is 29.1 Å². The van der Waals surface area contributed by atoms with Crippen LogP contribution in [0.25, 0.3) is 0 Å². The van der Waals surface area contributed by atoms with Crippen LogP contribution in [0.4, 0.5) is 0 Å². The summed E-state index contributed by atoms with van der Waals surface area (Å²) in [5.41, 5.74) is 0.919. The highest BCUT2D eigenvalue weighted by molar-refractivity contribution is 7.80. The van der Waals surface area contributed by atoms with Crippen molar-refractivity contribution < 1.29 is 14.3 Å². The Labute approximate surface area is 172 Å². The van der Waals surface area contributed by atoms with E-state index in [4.69, 9.17) is 17.0 Å². The van der Waals surface area contributed by atoms with E-state index in [1.807, 2.05) is 31.2 Å². The average molecular weight is 404 g/mol. The van der Waals surface area contributed by atoms with E-state index in [0.717, 1.165) is 24.2 Å². The summed E-state index contributed by atoms with van der Waals surface area (Å²) in [5, 5.41) is 6.82. The van der Waals surface area contributed by atoms with Gasteiger partial charge in [-0.3, -0.25) is 14.5 Å². The summed E-state index contributed by atoms with van der Waals surface area (Å²) >= 11 is 5.50. The molecule has 2 amide bonds. The van der Waals surface area contributed by atoms with Crippen molar-refractivity contribution in [3.05, 3.63) is 29.8 Å². The Bertz CT molecular complexity index is 754. The van der Waals surface area contributed by atoms with Crippen LogP contribution in [0.15, 0.2) is 24.3 Å². The number of methoxy groups -OCH3 is 1. The zero-order valence-corrected chi connectivity index (χ0v) is 17.6. The molecule has 2 fully saturated rings. The predicted octanol–water partition coefficient (Wildman–Crippen LogP) is 2.61. The molecule has 2 N–H and O–H groups in total. The van der Waals surface area contributed by atoms with Gasteiger partial charge in [0.15, 0.2) is 5.11 Å². The highest BCUT2D eigenvalue weighted by Gasteiger charge is 2.44. The molecule has 0 spiro atoms. The fourth-order valence-corrected chi connectivity index (χ4v) is 4.32. The van der Waals surface area contributed by atoms with Crippen molar-refractivity contribution in [3.63, 3.8) is 0 Å². The number of carbonyl (C=O) groups is 2. The number of carbonyl (C=O) groups excluding carboxylic acids is 2. The molecule has 1 aromatic carbocycles. The molecule has 1 saturated carbocycles. The lowest BCUT2D eigenvalue weighted by atomic mass is 9.76. The molecule has 1 aromatic rings. The Balaban J connectivity index is 1.67. The molecule has 6 nitrogen and oxygen atoms in total. The van der Waals surface area contributed by atoms with Crippen LogP contribution >= 0.6 is 12.2 Å². The summed E-state index contributed by atoms with van der Waals surface area (Å²) in [6.45, 7) is 4.45. The van der Waals surface area contributed by atoms with E-state index in [9.17, 15) is 9.59 Å². The number of para-hydroxylation sites is 1. The summed E-state index contributed by atoms with van der Waals surface area (Å²) in [4.78, 5) is 27.3. The summed E-state index contributed by atoms with van der Waals surface area (Å²) in [6.07, 6.45) is 2.97. The molecule has 0 radical (unpaired) electrons. The highest BCUT2D eigenvalue weighted by atomic mass is 32.1. The molecule has 7 heteroatoms. The Morgan fingerprint density at radius 2 is 2.14 bits per heavy atom. The third kappa shape index (κ3) is 4.29. The third-order valence-electron chi connectivity index (χ3n) is 5.88. The van der Waals surface area contributed by atoms with Gasteiger partial charge in [0.05, 0.1) is 19.6 Å². The number of thiocarbonyl (C=S) groups is 1. The van der Waals surface area contributed by atoms with Gasteiger partial charge in [0, 0.05) is 23.6 Å². The first-order valence-corrected chi connectivity index (χ1v) is 10.4. The van der Waals surface area contributed by atoms with Crippen LogP contribution in [0.3, 0.4) is 0 Å². The molecule has 1 aliphatic heterocycles. The maximum Gasteiger partial charge on any atom is 0.234 e. The van der Waals surface area contributed by atoms with Crippen LogP contribution in [0.1, 0.15) is 45.1 Å². The van der Waals surface area contributed by atoms with E-state index in [0.29, 0.717) is 24.5 Å². The van der Waals surface area contributed by atoms with Gasteiger partial charge in [0.2, 0.25) is 11.8 Å². The number of hydrogen-bond donors (Lipinski definition) is 2. The van der Waals surface area contributed by atoms with Gasteiger partial charge in [-0.25, -0.2) is 0 Å². The molecule has 152 valence electrons. The molecule has 0 bridgehead atoms. The fraction of sp³-hybridized carbons (Fsp3) is 0.571. The van der Waals surface area contributed by atoms with E-state index in [1.54, 1.807) is 12.0 Å². The number of nitrogens with one attached hydrogen (secondary N) is 2. The number of benzene rings is 1. The molecular weight excluding hydrogens is 374 g/mol. The van der Waals surface area contributed by atoms with Gasteiger partial charge in [0.25, 0.3) is 0 Å². The Morgan fingerprint density at radius 1 is 1.39 bits per heavy atom. The molecule has 1 aliphatic carbocycles.